The lowest BCUT2D eigenvalue weighted by Gasteiger charge is -2.21. The van der Waals surface area contributed by atoms with E-state index in [1.54, 1.807) is 12.1 Å². The molecule has 1 aromatic rings. The summed E-state index contributed by atoms with van der Waals surface area (Å²) in [6.07, 6.45) is 1.20. The summed E-state index contributed by atoms with van der Waals surface area (Å²) in [7, 11) is 1.49. The third-order valence-corrected chi connectivity index (χ3v) is 3.28. The Bertz CT molecular complexity index is 515. The number of nitrogens with zero attached hydrogens (tertiary/aromatic N) is 1. The number of carbonyl (C=O) groups is 2. The minimum absolute atomic E-state index is 0.306. The number of benzene rings is 1. The molecule has 6 heteroatoms. The minimum atomic E-state index is -0.965. The molecule has 102 valence electrons. The number of amides is 1. The summed E-state index contributed by atoms with van der Waals surface area (Å²) in [6, 6.07) is 3.97. The predicted octanol–water partition coefficient (Wildman–Crippen LogP) is 0.967. The SMILES string of the molecule is COc1ccc(C(=O)N2CCCC2C(=O)O)cc1N. The Kier molecular flexibility index (Phi) is 3.59. The van der Waals surface area contributed by atoms with Crippen LogP contribution in [0.3, 0.4) is 0 Å². The smallest absolute Gasteiger partial charge is 0.326 e. The molecule has 0 saturated carbocycles. The van der Waals surface area contributed by atoms with Crippen molar-refractivity contribution in [3.8, 4) is 5.75 Å². The Hall–Kier alpha value is -2.24. The molecule has 1 fully saturated rings. The number of carboxylic acid groups (broad SMARTS) is 1. The van der Waals surface area contributed by atoms with E-state index in [4.69, 9.17) is 15.6 Å². The van der Waals surface area contributed by atoms with E-state index < -0.39 is 12.0 Å². The Balaban J connectivity index is 2.24. The third kappa shape index (κ3) is 2.47. The number of nitrogens with two attached hydrogens (primary N) is 1. The van der Waals surface area contributed by atoms with Crippen LogP contribution >= 0.6 is 0 Å². The zero-order chi connectivity index (χ0) is 14.0. The Morgan fingerprint density at radius 2 is 2.21 bits per heavy atom. The van der Waals surface area contributed by atoms with E-state index in [1.165, 1.54) is 18.1 Å². The second kappa shape index (κ2) is 5.17. The van der Waals surface area contributed by atoms with E-state index in [0.717, 1.165) is 0 Å². The monoisotopic (exact) mass is 264 g/mol. The Labute approximate surface area is 110 Å². The standard InChI is InChI=1S/C13H16N2O4/c1-19-11-5-4-8(7-9(11)14)12(16)15-6-2-3-10(15)13(17)18/h4-5,7,10H,2-3,6,14H2,1H3,(H,17,18). The topological polar surface area (TPSA) is 92.9 Å². The maximum Gasteiger partial charge on any atom is 0.326 e. The van der Waals surface area contributed by atoms with E-state index in [0.29, 0.717) is 36.4 Å². The van der Waals surface area contributed by atoms with Gasteiger partial charge in [0.15, 0.2) is 0 Å². The lowest BCUT2D eigenvalue weighted by Crippen LogP contribution is -2.40. The molecular weight excluding hydrogens is 248 g/mol. The lowest BCUT2D eigenvalue weighted by molar-refractivity contribution is -0.141. The summed E-state index contributed by atoms with van der Waals surface area (Å²) in [5.41, 5.74) is 6.49. The molecule has 1 amide bonds. The number of nitrogen functional groups attached to an aromatic ring is 1. The van der Waals surface area contributed by atoms with Gasteiger partial charge < -0.3 is 20.5 Å². The molecule has 1 aromatic carbocycles. The first kappa shape index (κ1) is 13.2. The van der Waals surface area contributed by atoms with Gasteiger partial charge in [-0.15, -0.1) is 0 Å². The lowest BCUT2D eigenvalue weighted by atomic mass is 10.1. The average Bonchev–Trinajstić information content (AvgIpc) is 2.87. The predicted molar refractivity (Wildman–Crippen MR) is 69.1 cm³/mol. The van der Waals surface area contributed by atoms with Crippen molar-refractivity contribution in [2.45, 2.75) is 18.9 Å². The van der Waals surface area contributed by atoms with Crippen LogP contribution in [0.1, 0.15) is 23.2 Å². The van der Waals surface area contributed by atoms with Gasteiger partial charge in [0.25, 0.3) is 5.91 Å². The largest absolute Gasteiger partial charge is 0.495 e. The highest BCUT2D eigenvalue weighted by atomic mass is 16.5. The highest BCUT2D eigenvalue weighted by Crippen LogP contribution is 2.25. The number of carboxylic acids is 1. The summed E-state index contributed by atoms with van der Waals surface area (Å²) < 4.78 is 5.02. The van der Waals surface area contributed by atoms with E-state index >= 15 is 0 Å². The second-order valence-corrected chi connectivity index (χ2v) is 4.45. The van der Waals surface area contributed by atoms with E-state index in [-0.39, 0.29) is 5.91 Å². The van der Waals surface area contributed by atoms with Crippen LogP contribution in [0.15, 0.2) is 18.2 Å². The number of rotatable bonds is 3. The summed E-state index contributed by atoms with van der Waals surface area (Å²) in [6.45, 7) is 0.460. The molecule has 19 heavy (non-hydrogen) atoms. The zero-order valence-electron chi connectivity index (χ0n) is 10.6. The van der Waals surface area contributed by atoms with Gasteiger partial charge in [-0.2, -0.15) is 0 Å². The molecule has 3 N–H and O–H groups in total. The van der Waals surface area contributed by atoms with Gasteiger partial charge in [0, 0.05) is 12.1 Å². The van der Waals surface area contributed by atoms with Gasteiger partial charge in [0.2, 0.25) is 0 Å². The molecule has 2 rings (SSSR count). The molecule has 1 atom stereocenters. The number of hydrogen-bond acceptors (Lipinski definition) is 4. The molecule has 0 aliphatic carbocycles. The van der Waals surface area contributed by atoms with Gasteiger partial charge in [-0.05, 0) is 31.0 Å². The molecule has 1 unspecified atom stereocenters. The van der Waals surface area contributed by atoms with Crippen molar-refractivity contribution in [2.75, 3.05) is 19.4 Å². The maximum atomic E-state index is 12.3. The van der Waals surface area contributed by atoms with E-state index in [1.807, 2.05) is 0 Å². The first-order chi connectivity index (χ1) is 9.04. The highest BCUT2D eigenvalue weighted by Gasteiger charge is 2.34. The molecule has 1 aliphatic heterocycles. The van der Waals surface area contributed by atoms with Crippen LogP contribution in [0, 0.1) is 0 Å². The molecule has 1 aliphatic rings. The first-order valence-electron chi connectivity index (χ1n) is 6.02. The zero-order valence-corrected chi connectivity index (χ0v) is 10.6. The number of aliphatic carboxylic acids is 1. The quantitative estimate of drug-likeness (QED) is 0.793. The molecule has 1 saturated heterocycles. The number of methoxy groups -OCH3 is 1. The van der Waals surface area contributed by atoms with Crippen molar-refractivity contribution in [1.29, 1.82) is 0 Å². The van der Waals surface area contributed by atoms with Crippen molar-refractivity contribution in [3.63, 3.8) is 0 Å². The number of anilines is 1. The van der Waals surface area contributed by atoms with Gasteiger partial charge in [0.1, 0.15) is 11.8 Å². The van der Waals surface area contributed by atoms with Crippen LogP contribution in [0.5, 0.6) is 5.75 Å². The summed E-state index contributed by atoms with van der Waals surface area (Å²) >= 11 is 0. The fraction of sp³-hybridized carbons (Fsp3) is 0.385. The van der Waals surface area contributed by atoms with Gasteiger partial charge in [-0.25, -0.2) is 4.79 Å². The molecular formula is C13H16N2O4. The van der Waals surface area contributed by atoms with Gasteiger partial charge in [-0.3, -0.25) is 4.79 Å². The van der Waals surface area contributed by atoms with Crippen molar-refractivity contribution in [3.05, 3.63) is 23.8 Å². The van der Waals surface area contributed by atoms with Crippen LogP contribution in [0.25, 0.3) is 0 Å². The van der Waals surface area contributed by atoms with Gasteiger partial charge in [-0.1, -0.05) is 0 Å². The van der Waals surface area contributed by atoms with E-state index in [9.17, 15) is 9.59 Å². The number of hydrogen-bond donors (Lipinski definition) is 2. The van der Waals surface area contributed by atoms with Crippen LogP contribution < -0.4 is 10.5 Å². The Morgan fingerprint density at radius 1 is 1.47 bits per heavy atom. The second-order valence-electron chi connectivity index (χ2n) is 4.45. The van der Waals surface area contributed by atoms with Crippen LogP contribution in [0.4, 0.5) is 5.69 Å². The number of carbonyl (C=O) groups excluding carboxylic acids is 1. The van der Waals surface area contributed by atoms with E-state index in [2.05, 4.69) is 0 Å². The van der Waals surface area contributed by atoms with Crippen molar-refractivity contribution in [2.24, 2.45) is 0 Å². The van der Waals surface area contributed by atoms with Crippen LogP contribution in [-0.4, -0.2) is 41.6 Å². The fourth-order valence-electron chi connectivity index (χ4n) is 2.30. The third-order valence-electron chi connectivity index (χ3n) is 3.28. The van der Waals surface area contributed by atoms with Crippen LogP contribution in [-0.2, 0) is 4.79 Å². The van der Waals surface area contributed by atoms with Crippen molar-refractivity contribution in [1.82, 2.24) is 4.90 Å². The molecule has 0 spiro atoms. The average molecular weight is 264 g/mol. The molecule has 0 radical (unpaired) electrons. The number of likely N-dealkylation sites (tertiary alicyclic amines) is 1. The maximum absolute atomic E-state index is 12.3. The molecule has 1 heterocycles. The normalized spacial score (nSPS) is 18.4. The van der Waals surface area contributed by atoms with Crippen molar-refractivity contribution >= 4 is 17.6 Å². The van der Waals surface area contributed by atoms with Gasteiger partial charge in [0.05, 0.1) is 12.8 Å². The molecule has 0 aromatic heterocycles. The van der Waals surface area contributed by atoms with Gasteiger partial charge >= 0.3 is 5.97 Å². The molecule has 6 nitrogen and oxygen atoms in total. The van der Waals surface area contributed by atoms with Crippen molar-refractivity contribution < 1.29 is 19.4 Å². The summed E-state index contributed by atoms with van der Waals surface area (Å²) in [4.78, 5) is 24.7. The first-order valence-corrected chi connectivity index (χ1v) is 6.02. The fourth-order valence-corrected chi connectivity index (χ4v) is 2.30. The summed E-state index contributed by atoms with van der Waals surface area (Å²) in [5, 5.41) is 9.08. The summed E-state index contributed by atoms with van der Waals surface area (Å²) in [5.74, 6) is -0.778. The molecule has 0 bridgehead atoms. The number of ether oxygens (including phenoxy) is 1. The Morgan fingerprint density at radius 3 is 2.79 bits per heavy atom. The van der Waals surface area contributed by atoms with Crippen LogP contribution in [0.2, 0.25) is 0 Å². The minimum Gasteiger partial charge on any atom is -0.495 e. The highest BCUT2D eigenvalue weighted by molar-refractivity contribution is 5.98.